The number of carboxylic acid groups (broad SMARTS) is 1. The largest absolute Gasteiger partial charge is 0.478 e. The Morgan fingerprint density at radius 3 is 2.63 bits per heavy atom. The number of fused-ring (bicyclic) bond motifs is 2. The predicted molar refractivity (Wildman–Crippen MR) is 130 cm³/mol. The number of aryl methyl sites for hydroxylation is 1. The third kappa shape index (κ3) is 3.83. The summed E-state index contributed by atoms with van der Waals surface area (Å²) >= 11 is 6.53. The third-order valence-electron chi connectivity index (χ3n) is 7.46. The van der Waals surface area contributed by atoms with E-state index in [1.807, 2.05) is 25.1 Å². The summed E-state index contributed by atoms with van der Waals surface area (Å²) in [5.41, 5.74) is 4.48. The second kappa shape index (κ2) is 8.50. The van der Waals surface area contributed by atoms with Crippen LogP contribution in [0.3, 0.4) is 0 Å². The standard InChI is InChI=1S/C27H25ClN2O5/c1-14-3-2-4-21(28)23(14)24-20(25(35-29-24)15-5-6-15)13-34-22-12-18-11-19(22)26(31)30(18)17-9-7-16(8-10-17)27(32)33/h2-4,7-10,15,18-19,22H,5-6,11-13H2,1H3,(H,32,33)/t18-,19+,22+/m0/s1. The van der Waals surface area contributed by atoms with Crippen LogP contribution in [0, 0.1) is 12.8 Å². The van der Waals surface area contributed by atoms with Crippen molar-refractivity contribution in [3.05, 3.63) is 69.9 Å². The van der Waals surface area contributed by atoms with Crippen molar-refractivity contribution < 1.29 is 24.0 Å². The Kier molecular flexibility index (Phi) is 5.42. The fourth-order valence-electron chi connectivity index (χ4n) is 5.54. The average molecular weight is 493 g/mol. The van der Waals surface area contributed by atoms with Gasteiger partial charge in [0.15, 0.2) is 0 Å². The molecular formula is C27H25ClN2O5. The number of carbonyl (C=O) groups is 2. The normalized spacial score (nSPS) is 23.3. The molecule has 8 heteroatoms. The molecule has 2 heterocycles. The number of amides is 1. The molecule has 2 aromatic carbocycles. The van der Waals surface area contributed by atoms with Gasteiger partial charge in [0.1, 0.15) is 11.5 Å². The molecule has 2 aliphatic carbocycles. The lowest BCUT2D eigenvalue weighted by molar-refractivity contribution is -0.126. The number of rotatable bonds is 7. The highest BCUT2D eigenvalue weighted by Gasteiger charge is 2.52. The third-order valence-corrected chi connectivity index (χ3v) is 7.77. The molecule has 3 aliphatic rings. The van der Waals surface area contributed by atoms with Gasteiger partial charge in [0, 0.05) is 28.8 Å². The minimum atomic E-state index is -0.982. The van der Waals surface area contributed by atoms with Crippen molar-refractivity contribution in [1.29, 1.82) is 0 Å². The summed E-state index contributed by atoms with van der Waals surface area (Å²) in [6.45, 7) is 2.33. The Bertz CT molecular complexity index is 1290. The van der Waals surface area contributed by atoms with Gasteiger partial charge in [0.05, 0.1) is 29.2 Å². The summed E-state index contributed by atoms with van der Waals surface area (Å²) in [6.07, 6.45) is 3.45. The number of benzene rings is 2. The first-order valence-corrected chi connectivity index (χ1v) is 12.3. The van der Waals surface area contributed by atoms with Crippen LogP contribution < -0.4 is 4.90 Å². The topological polar surface area (TPSA) is 92.9 Å². The number of hydrogen-bond donors (Lipinski definition) is 1. The molecule has 2 saturated carbocycles. The average Bonchev–Trinajstić information content (AvgIpc) is 3.34. The molecular weight excluding hydrogens is 468 g/mol. The highest BCUT2D eigenvalue weighted by atomic mass is 35.5. The fraction of sp³-hybridized carbons (Fsp3) is 0.370. The van der Waals surface area contributed by atoms with Crippen LogP contribution in [0.15, 0.2) is 47.0 Å². The summed E-state index contributed by atoms with van der Waals surface area (Å²) in [5.74, 6) is 0.0700. The van der Waals surface area contributed by atoms with Crippen LogP contribution in [0.5, 0.6) is 0 Å². The number of nitrogens with zero attached hydrogens (tertiary/aromatic N) is 2. The molecule has 2 bridgehead atoms. The van der Waals surface area contributed by atoms with Gasteiger partial charge in [-0.2, -0.15) is 0 Å². The van der Waals surface area contributed by atoms with E-state index in [1.165, 1.54) is 12.1 Å². The molecule has 1 amide bonds. The molecule has 3 aromatic rings. The minimum Gasteiger partial charge on any atom is -0.478 e. The number of aromatic carboxylic acids is 1. The highest BCUT2D eigenvalue weighted by Crippen LogP contribution is 2.47. The first kappa shape index (κ1) is 22.3. The maximum absolute atomic E-state index is 13.2. The maximum Gasteiger partial charge on any atom is 0.335 e. The van der Waals surface area contributed by atoms with Crippen molar-refractivity contribution in [2.75, 3.05) is 4.90 Å². The summed E-state index contributed by atoms with van der Waals surface area (Å²) in [5, 5.41) is 14.2. The Morgan fingerprint density at radius 2 is 1.97 bits per heavy atom. The zero-order chi connectivity index (χ0) is 24.3. The van der Waals surface area contributed by atoms with E-state index in [0.29, 0.717) is 17.5 Å². The van der Waals surface area contributed by atoms with Crippen LogP contribution in [-0.2, 0) is 16.1 Å². The number of halogens is 1. The number of ether oxygens (including phenoxy) is 1. The van der Waals surface area contributed by atoms with Crippen molar-refractivity contribution in [3.63, 3.8) is 0 Å². The summed E-state index contributed by atoms with van der Waals surface area (Å²) < 4.78 is 12.2. The van der Waals surface area contributed by atoms with Crippen LogP contribution in [0.25, 0.3) is 11.3 Å². The van der Waals surface area contributed by atoms with Gasteiger partial charge in [-0.15, -0.1) is 0 Å². The predicted octanol–water partition coefficient (Wildman–Crippen LogP) is 5.59. The molecule has 3 fully saturated rings. The van der Waals surface area contributed by atoms with Gasteiger partial charge in [-0.25, -0.2) is 4.79 Å². The number of anilines is 1. The number of piperidine rings is 1. The zero-order valence-corrected chi connectivity index (χ0v) is 20.0. The van der Waals surface area contributed by atoms with Gasteiger partial charge in [-0.3, -0.25) is 4.79 Å². The monoisotopic (exact) mass is 492 g/mol. The van der Waals surface area contributed by atoms with E-state index in [1.54, 1.807) is 17.0 Å². The van der Waals surface area contributed by atoms with Gasteiger partial charge in [-0.05, 0) is 68.5 Å². The van der Waals surface area contributed by atoms with Crippen molar-refractivity contribution in [3.8, 4) is 11.3 Å². The molecule has 1 saturated heterocycles. The number of aromatic nitrogens is 1. The molecule has 7 nitrogen and oxygen atoms in total. The van der Waals surface area contributed by atoms with E-state index in [9.17, 15) is 9.59 Å². The number of hydrogen-bond acceptors (Lipinski definition) is 5. The van der Waals surface area contributed by atoms with Crippen molar-refractivity contribution in [2.45, 2.75) is 57.3 Å². The Hall–Kier alpha value is -3.16. The highest BCUT2D eigenvalue weighted by molar-refractivity contribution is 6.33. The summed E-state index contributed by atoms with van der Waals surface area (Å²) in [6, 6.07) is 12.3. The van der Waals surface area contributed by atoms with Crippen LogP contribution in [0.2, 0.25) is 5.02 Å². The number of carbonyl (C=O) groups excluding carboxylic acids is 1. The maximum atomic E-state index is 13.2. The van der Waals surface area contributed by atoms with E-state index in [2.05, 4.69) is 5.16 Å². The van der Waals surface area contributed by atoms with Gasteiger partial charge in [-0.1, -0.05) is 28.9 Å². The lowest BCUT2D eigenvalue weighted by atomic mass is 10.00. The Balaban J connectivity index is 1.21. The zero-order valence-electron chi connectivity index (χ0n) is 19.2. The molecule has 1 aliphatic heterocycles. The van der Waals surface area contributed by atoms with Crippen LogP contribution in [0.1, 0.15) is 58.8 Å². The van der Waals surface area contributed by atoms with Gasteiger partial charge < -0.3 is 19.3 Å². The van der Waals surface area contributed by atoms with E-state index >= 15 is 0 Å². The number of carboxylic acids is 1. The van der Waals surface area contributed by atoms with Crippen LogP contribution >= 0.6 is 11.6 Å². The van der Waals surface area contributed by atoms with Crippen molar-refractivity contribution in [2.24, 2.45) is 5.92 Å². The fourth-order valence-corrected chi connectivity index (χ4v) is 5.85. The van der Waals surface area contributed by atoms with Gasteiger partial charge in [0.2, 0.25) is 5.91 Å². The molecule has 1 aromatic heterocycles. The van der Waals surface area contributed by atoms with Crippen molar-refractivity contribution in [1.82, 2.24) is 5.16 Å². The Labute approximate surface area is 207 Å². The minimum absolute atomic E-state index is 0.0317. The molecule has 0 radical (unpaired) electrons. The second-order valence-corrected chi connectivity index (χ2v) is 10.1. The van der Waals surface area contributed by atoms with Gasteiger partial charge in [0.25, 0.3) is 0 Å². The molecule has 180 valence electrons. The lowest BCUT2D eigenvalue weighted by Crippen LogP contribution is -2.43. The molecule has 0 spiro atoms. The Morgan fingerprint density at radius 1 is 1.20 bits per heavy atom. The quantitative estimate of drug-likeness (QED) is 0.462. The molecule has 1 N–H and O–H groups in total. The van der Waals surface area contributed by atoms with Crippen molar-refractivity contribution >= 4 is 29.2 Å². The second-order valence-electron chi connectivity index (χ2n) is 9.72. The van der Waals surface area contributed by atoms with E-state index in [-0.39, 0.29) is 29.5 Å². The first-order valence-electron chi connectivity index (χ1n) is 11.9. The van der Waals surface area contributed by atoms with E-state index < -0.39 is 5.97 Å². The van der Waals surface area contributed by atoms with Gasteiger partial charge >= 0.3 is 5.97 Å². The molecule has 0 unspecified atom stereocenters. The first-order chi connectivity index (χ1) is 16.9. The molecule has 35 heavy (non-hydrogen) atoms. The van der Waals surface area contributed by atoms with E-state index in [0.717, 1.165) is 59.5 Å². The summed E-state index contributed by atoms with van der Waals surface area (Å²) in [4.78, 5) is 26.1. The molecule has 3 atom stereocenters. The summed E-state index contributed by atoms with van der Waals surface area (Å²) in [7, 11) is 0. The SMILES string of the molecule is Cc1cccc(Cl)c1-c1noc(C2CC2)c1CO[C@@H]1C[C@@H]2C[C@H]1C(=O)N2c1ccc(C(=O)O)cc1. The molecule has 6 rings (SSSR count). The smallest absolute Gasteiger partial charge is 0.335 e. The van der Waals surface area contributed by atoms with Crippen LogP contribution in [0.4, 0.5) is 5.69 Å². The van der Waals surface area contributed by atoms with Crippen LogP contribution in [-0.4, -0.2) is 34.3 Å². The van der Waals surface area contributed by atoms with E-state index in [4.69, 9.17) is 26.0 Å². The lowest BCUT2D eigenvalue weighted by Gasteiger charge is -2.31.